The standard InChI is InChI=1S/C25H44N2/c1-6-10-22(14-15-26)17-24(12-8-3)19-25(13-9-4)18-23(11-7-2)16-21(5)20-27/h16,21-22,24-25H,6-14,17-19H2,1-5H3. The van der Waals surface area contributed by atoms with Gasteiger partial charge in [-0.2, -0.15) is 10.5 Å². The Balaban J connectivity index is 5.13. The molecule has 0 bridgehead atoms. The van der Waals surface area contributed by atoms with Crippen molar-refractivity contribution in [2.24, 2.45) is 23.7 Å². The number of allylic oxidation sites excluding steroid dienone is 2. The Morgan fingerprint density at radius 3 is 1.89 bits per heavy atom. The molecule has 0 saturated carbocycles. The summed E-state index contributed by atoms with van der Waals surface area (Å²) in [5.41, 5.74) is 1.49. The van der Waals surface area contributed by atoms with E-state index in [-0.39, 0.29) is 5.92 Å². The first-order valence-electron chi connectivity index (χ1n) is 11.5. The Hall–Kier alpha value is -1.28. The molecular weight excluding hydrogens is 328 g/mol. The third-order valence-corrected chi connectivity index (χ3v) is 5.62. The summed E-state index contributed by atoms with van der Waals surface area (Å²) in [7, 11) is 0. The van der Waals surface area contributed by atoms with Crippen LogP contribution < -0.4 is 0 Å². The van der Waals surface area contributed by atoms with Crippen LogP contribution in [0.25, 0.3) is 0 Å². The van der Waals surface area contributed by atoms with Crippen molar-refractivity contribution in [1.82, 2.24) is 0 Å². The molecule has 0 spiro atoms. The van der Waals surface area contributed by atoms with E-state index in [1.165, 1.54) is 56.9 Å². The van der Waals surface area contributed by atoms with Crippen molar-refractivity contribution >= 4 is 0 Å². The summed E-state index contributed by atoms with van der Waals surface area (Å²) in [5.74, 6) is 2.06. The molecule has 0 rings (SSSR count). The van der Waals surface area contributed by atoms with Gasteiger partial charge in [0.15, 0.2) is 0 Å². The molecule has 2 nitrogen and oxygen atoms in total. The zero-order valence-corrected chi connectivity index (χ0v) is 18.8. The fourth-order valence-electron chi connectivity index (χ4n) is 4.57. The minimum absolute atomic E-state index is 0.0184. The van der Waals surface area contributed by atoms with Crippen LogP contribution in [0.1, 0.15) is 112 Å². The van der Waals surface area contributed by atoms with E-state index in [2.05, 4.69) is 45.9 Å². The SMILES string of the molecule is CCCC(=CC(C)C#N)CC(CCC)CC(CCC)CC(CC#N)CCC. The molecule has 0 N–H and O–H groups in total. The van der Waals surface area contributed by atoms with Crippen molar-refractivity contribution in [2.75, 3.05) is 0 Å². The van der Waals surface area contributed by atoms with E-state index < -0.39 is 0 Å². The molecule has 0 aromatic carbocycles. The summed E-state index contributed by atoms with van der Waals surface area (Å²) in [4.78, 5) is 0. The van der Waals surface area contributed by atoms with E-state index in [1.807, 2.05) is 6.92 Å². The van der Waals surface area contributed by atoms with Crippen LogP contribution in [0, 0.1) is 46.3 Å². The number of hydrogen-bond donors (Lipinski definition) is 0. The highest BCUT2D eigenvalue weighted by Gasteiger charge is 2.21. The summed E-state index contributed by atoms with van der Waals surface area (Å²) < 4.78 is 0. The molecule has 0 fully saturated rings. The molecule has 0 amide bonds. The molecule has 0 aliphatic carbocycles. The van der Waals surface area contributed by atoms with Gasteiger partial charge < -0.3 is 0 Å². The molecule has 0 aromatic rings. The van der Waals surface area contributed by atoms with E-state index in [0.717, 1.165) is 31.1 Å². The van der Waals surface area contributed by atoms with Gasteiger partial charge in [0.05, 0.1) is 18.1 Å². The number of hydrogen-bond acceptors (Lipinski definition) is 2. The van der Waals surface area contributed by atoms with Crippen molar-refractivity contribution in [1.29, 1.82) is 10.5 Å². The summed E-state index contributed by atoms with van der Waals surface area (Å²) in [6, 6.07) is 4.78. The van der Waals surface area contributed by atoms with Crippen molar-refractivity contribution in [2.45, 2.75) is 112 Å². The lowest BCUT2D eigenvalue weighted by Gasteiger charge is -2.27. The molecule has 0 aliphatic rings. The molecule has 0 heterocycles. The topological polar surface area (TPSA) is 47.6 Å². The van der Waals surface area contributed by atoms with Gasteiger partial charge >= 0.3 is 0 Å². The van der Waals surface area contributed by atoms with Gasteiger partial charge in [-0.3, -0.25) is 0 Å². The van der Waals surface area contributed by atoms with Crippen molar-refractivity contribution in [3.05, 3.63) is 11.6 Å². The summed E-state index contributed by atoms with van der Waals surface area (Å²) in [6.45, 7) is 11.0. The molecule has 2 heteroatoms. The fourth-order valence-corrected chi connectivity index (χ4v) is 4.57. The van der Waals surface area contributed by atoms with E-state index in [1.54, 1.807) is 0 Å². The third-order valence-electron chi connectivity index (χ3n) is 5.62. The highest BCUT2D eigenvalue weighted by molar-refractivity contribution is 5.09. The van der Waals surface area contributed by atoms with Crippen LogP contribution in [0.5, 0.6) is 0 Å². The summed E-state index contributed by atoms with van der Waals surface area (Å²) in [5, 5.41) is 18.4. The maximum absolute atomic E-state index is 9.18. The molecule has 4 unspecified atom stereocenters. The molecule has 0 aromatic heterocycles. The fraction of sp³-hybridized carbons (Fsp3) is 0.840. The Labute approximate surface area is 170 Å². The van der Waals surface area contributed by atoms with Gasteiger partial charge in [-0.1, -0.05) is 77.9 Å². The normalized spacial score (nSPS) is 16.2. The maximum Gasteiger partial charge on any atom is 0.0694 e. The van der Waals surface area contributed by atoms with Gasteiger partial charge in [0.2, 0.25) is 0 Å². The summed E-state index contributed by atoms with van der Waals surface area (Å²) in [6.07, 6.45) is 16.3. The average Bonchev–Trinajstić information content (AvgIpc) is 2.62. The van der Waals surface area contributed by atoms with Crippen molar-refractivity contribution in [3.63, 3.8) is 0 Å². The smallest absolute Gasteiger partial charge is 0.0694 e. The van der Waals surface area contributed by atoms with Gasteiger partial charge in [-0.15, -0.1) is 0 Å². The second-order valence-electron chi connectivity index (χ2n) is 8.49. The Morgan fingerprint density at radius 2 is 1.37 bits per heavy atom. The van der Waals surface area contributed by atoms with Crippen LogP contribution in [0.15, 0.2) is 11.6 Å². The Bertz CT molecular complexity index is 466. The van der Waals surface area contributed by atoms with Crippen molar-refractivity contribution in [3.8, 4) is 12.1 Å². The minimum atomic E-state index is 0.0184. The minimum Gasteiger partial charge on any atom is -0.198 e. The van der Waals surface area contributed by atoms with Crippen LogP contribution in [0.4, 0.5) is 0 Å². The van der Waals surface area contributed by atoms with Gasteiger partial charge in [-0.05, 0) is 56.8 Å². The molecular formula is C25H44N2. The van der Waals surface area contributed by atoms with Crippen LogP contribution in [0.2, 0.25) is 0 Å². The third kappa shape index (κ3) is 12.7. The molecule has 154 valence electrons. The first kappa shape index (κ1) is 25.7. The second kappa shape index (κ2) is 16.9. The van der Waals surface area contributed by atoms with E-state index in [0.29, 0.717) is 12.3 Å². The monoisotopic (exact) mass is 372 g/mol. The molecule has 0 aliphatic heterocycles. The summed E-state index contributed by atoms with van der Waals surface area (Å²) >= 11 is 0. The Morgan fingerprint density at radius 1 is 0.815 bits per heavy atom. The lowest BCUT2D eigenvalue weighted by molar-refractivity contribution is 0.268. The van der Waals surface area contributed by atoms with Crippen LogP contribution >= 0.6 is 0 Å². The highest BCUT2D eigenvalue weighted by Crippen LogP contribution is 2.33. The molecule has 0 radical (unpaired) electrons. The Kier molecular flexibility index (Phi) is 16.1. The van der Waals surface area contributed by atoms with Gasteiger partial charge in [0.1, 0.15) is 0 Å². The number of nitriles is 2. The van der Waals surface area contributed by atoms with Gasteiger partial charge in [0.25, 0.3) is 0 Å². The zero-order chi connectivity index (χ0) is 20.5. The van der Waals surface area contributed by atoms with E-state index >= 15 is 0 Å². The molecule has 4 atom stereocenters. The largest absolute Gasteiger partial charge is 0.198 e. The predicted octanol–water partition coefficient (Wildman–Crippen LogP) is 8.21. The van der Waals surface area contributed by atoms with Gasteiger partial charge in [-0.25, -0.2) is 0 Å². The predicted molar refractivity (Wildman–Crippen MR) is 117 cm³/mol. The van der Waals surface area contributed by atoms with Crippen molar-refractivity contribution < 1.29 is 0 Å². The quantitative estimate of drug-likeness (QED) is 0.256. The zero-order valence-electron chi connectivity index (χ0n) is 18.8. The maximum atomic E-state index is 9.18. The first-order valence-corrected chi connectivity index (χ1v) is 11.5. The number of nitrogens with zero attached hydrogens (tertiary/aromatic N) is 2. The number of rotatable bonds is 16. The van der Waals surface area contributed by atoms with Crippen LogP contribution in [-0.4, -0.2) is 0 Å². The van der Waals surface area contributed by atoms with Crippen LogP contribution in [0.3, 0.4) is 0 Å². The highest BCUT2D eigenvalue weighted by atomic mass is 14.3. The van der Waals surface area contributed by atoms with Crippen LogP contribution in [-0.2, 0) is 0 Å². The van der Waals surface area contributed by atoms with E-state index in [9.17, 15) is 10.5 Å². The molecule has 27 heavy (non-hydrogen) atoms. The van der Waals surface area contributed by atoms with E-state index in [4.69, 9.17) is 0 Å². The lowest BCUT2D eigenvalue weighted by Crippen LogP contribution is -2.15. The lowest BCUT2D eigenvalue weighted by atomic mass is 9.78. The van der Waals surface area contributed by atoms with Gasteiger partial charge in [0, 0.05) is 6.42 Å². The second-order valence-corrected chi connectivity index (χ2v) is 8.49. The molecule has 0 saturated heterocycles. The first-order chi connectivity index (χ1) is 13.0. The average molecular weight is 373 g/mol.